The van der Waals surface area contributed by atoms with E-state index >= 15 is 0 Å². The Morgan fingerprint density at radius 1 is 0.750 bits per heavy atom. The number of unbranched alkanes of at least 4 members (excludes halogenated alkanes) is 8. The van der Waals surface area contributed by atoms with Crippen molar-refractivity contribution in [1.82, 2.24) is 0 Å². The molecule has 1 N–H and O–H groups in total. The third-order valence-corrected chi connectivity index (χ3v) is 2.95. The summed E-state index contributed by atoms with van der Waals surface area (Å²) in [6, 6.07) is 0. The maximum atomic E-state index is 10.3. The topological polar surface area (TPSA) is 37.3 Å². The van der Waals surface area contributed by atoms with Crippen LogP contribution < -0.4 is 0 Å². The van der Waals surface area contributed by atoms with E-state index in [4.69, 9.17) is 5.11 Å². The summed E-state index contributed by atoms with van der Waals surface area (Å²) in [5.41, 5.74) is 0. The van der Waals surface area contributed by atoms with E-state index in [1.54, 1.807) is 0 Å². The first-order valence-electron chi connectivity index (χ1n) is 7.90. The zero-order valence-electron chi connectivity index (χ0n) is 12.8. The van der Waals surface area contributed by atoms with E-state index in [9.17, 15) is 4.79 Å². The van der Waals surface area contributed by atoms with Crippen LogP contribution in [0.1, 0.15) is 84.0 Å². The van der Waals surface area contributed by atoms with E-state index in [0.717, 1.165) is 51.4 Å². The Morgan fingerprint density at radius 3 is 1.55 bits per heavy atom. The van der Waals surface area contributed by atoms with Gasteiger partial charge in [0.2, 0.25) is 0 Å². The number of carboxylic acid groups (broad SMARTS) is 1. The standard InChI is InChI=1S/C18H28O2/c1-2-3-4-5-6-7-8-9-10-11-12-13-14-15-16-17-18(19)20/h2-5,8-11,14-17H2,1H3,(H,19,20). The number of aliphatic carboxylic acids is 1. The van der Waals surface area contributed by atoms with Crippen molar-refractivity contribution in [2.75, 3.05) is 0 Å². The summed E-state index contributed by atoms with van der Waals surface area (Å²) in [4.78, 5) is 10.3. The largest absolute Gasteiger partial charge is 0.481 e. The summed E-state index contributed by atoms with van der Waals surface area (Å²) in [5.74, 6) is 12.0. The van der Waals surface area contributed by atoms with Crippen molar-refractivity contribution in [3.05, 3.63) is 0 Å². The summed E-state index contributed by atoms with van der Waals surface area (Å²) in [6.45, 7) is 2.21. The molecular formula is C18H28O2. The van der Waals surface area contributed by atoms with Crippen molar-refractivity contribution < 1.29 is 9.90 Å². The highest BCUT2D eigenvalue weighted by molar-refractivity contribution is 5.66. The first-order valence-corrected chi connectivity index (χ1v) is 7.90. The van der Waals surface area contributed by atoms with Crippen LogP contribution in [0.3, 0.4) is 0 Å². The molecule has 0 atom stereocenters. The third kappa shape index (κ3) is 16.6. The van der Waals surface area contributed by atoms with Gasteiger partial charge in [-0.05, 0) is 32.1 Å². The van der Waals surface area contributed by atoms with E-state index in [0.29, 0.717) is 0 Å². The van der Waals surface area contributed by atoms with Gasteiger partial charge in [0, 0.05) is 32.1 Å². The fourth-order valence-corrected chi connectivity index (χ4v) is 1.73. The monoisotopic (exact) mass is 276 g/mol. The predicted molar refractivity (Wildman–Crippen MR) is 84.3 cm³/mol. The Bertz CT molecular complexity index is 349. The average Bonchev–Trinajstić information content (AvgIpc) is 2.43. The molecule has 0 aromatic rings. The highest BCUT2D eigenvalue weighted by atomic mass is 16.4. The lowest BCUT2D eigenvalue weighted by Crippen LogP contribution is -1.92. The molecule has 2 heteroatoms. The van der Waals surface area contributed by atoms with Crippen molar-refractivity contribution in [1.29, 1.82) is 0 Å². The van der Waals surface area contributed by atoms with Crippen LogP contribution in [0.4, 0.5) is 0 Å². The Balaban J connectivity index is 3.25. The molecule has 0 saturated carbocycles. The molecule has 0 bridgehead atoms. The zero-order chi connectivity index (χ0) is 14.9. The maximum absolute atomic E-state index is 10.3. The van der Waals surface area contributed by atoms with Gasteiger partial charge < -0.3 is 5.11 Å². The molecule has 0 aliphatic carbocycles. The fourth-order valence-electron chi connectivity index (χ4n) is 1.73. The van der Waals surface area contributed by atoms with Crippen LogP contribution in [0.5, 0.6) is 0 Å². The second kappa shape index (κ2) is 15.6. The molecule has 0 saturated heterocycles. The maximum Gasteiger partial charge on any atom is 0.303 e. The Morgan fingerprint density at radius 2 is 1.15 bits per heavy atom. The molecule has 20 heavy (non-hydrogen) atoms. The highest BCUT2D eigenvalue weighted by Gasteiger charge is 1.94. The molecule has 0 spiro atoms. The van der Waals surface area contributed by atoms with Crippen molar-refractivity contribution in [2.24, 2.45) is 0 Å². The molecule has 0 aliphatic heterocycles. The minimum Gasteiger partial charge on any atom is -0.481 e. The molecule has 0 rings (SSSR count). The molecule has 0 aliphatic rings. The average molecular weight is 276 g/mol. The lowest BCUT2D eigenvalue weighted by Gasteiger charge is -1.92. The molecule has 112 valence electrons. The van der Waals surface area contributed by atoms with Gasteiger partial charge >= 0.3 is 5.97 Å². The summed E-state index contributed by atoms with van der Waals surface area (Å²) >= 11 is 0. The van der Waals surface area contributed by atoms with Crippen LogP contribution in [0.15, 0.2) is 0 Å². The van der Waals surface area contributed by atoms with Crippen LogP contribution in [-0.2, 0) is 4.79 Å². The van der Waals surface area contributed by atoms with Gasteiger partial charge in [0.25, 0.3) is 0 Å². The Labute approximate surface area is 124 Å². The second-order valence-corrected chi connectivity index (χ2v) is 4.97. The smallest absolute Gasteiger partial charge is 0.303 e. The van der Waals surface area contributed by atoms with Crippen LogP contribution in [0.25, 0.3) is 0 Å². The van der Waals surface area contributed by atoms with Gasteiger partial charge in [-0.1, -0.05) is 19.8 Å². The fraction of sp³-hybridized carbons (Fsp3) is 0.722. The first kappa shape index (κ1) is 18.6. The van der Waals surface area contributed by atoms with Crippen molar-refractivity contribution in [2.45, 2.75) is 84.0 Å². The van der Waals surface area contributed by atoms with Gasteiger partial charge in [-0.3, -0.25) is 4.79 Å². The van der Waals surface area contributed by atoms with Gasteiger partial charge in [0.05, 0.1) is 0 Å². The summed E-state index contributed by atoms with van der Waals surface area (Å²) in [5, 5.41) is 8.47. The molecule has 0 fully saturated rings. The van der Waals surface area contributed by atoms with Crippen LogP contribution in [-0.4, -0.2) is 11.1 Å². The molecule has 0 unspecified atom stereocenters. The van der Waals surface area contributed by atoms with Gasteiger partial charge in [0.1, 0.15) is 0 Å². The molecule has 0 radical (unpaired) electrons. The molecule has 2 nitrogen and oxygen atoms in total. The lowest BCUT2D eigenvalue weighted by molar-refractivity contribution is -0.137. The van der Waals surface area contributed by atoms with Gasteiger partial charge in [0.15, 0.2) is 0 Å². The molecule has 0 amide bonds. The Hall–Kier alpha value is -1.41. The summed E-state index contributed by atoms with van der Waals surface area (Å²) in [7, 11) is 0. The van der Waals surface area contributed by atoms with Gasteiger partial charge in [-0.25, -0.2) is 0 Å². The zero-order valence-corrected chi connectivity index (χ0v) is 12.8. The number of rotatable bonds is 10. The van der Waals surface area contributed by atoms with Crippen LogP contribution >= 0.6 is 0 Å². The second-order valence-electron chi connectivity index (χ2n) is 4.97. The Kier molecular flexibility index (Phi) is 14.5. The molecular weight excluding hydrogens is 248 g/mol. The lowest BCUT2D eigenvalue weighted by atomic mass is 10.1. The van der Waals surface area contributed by atoms with Gasteiger partial charge in [-0.15, -0.1) is 23.7 Å². The summed E-state index contributed by atoms with van der Waals surface area (Å²) < 4.78 is 0. The van der Waals surface area contributed by atoms with Crippen molar-refractivity contribution in [3.8, 4) is 23.7 Å². The van der Waals surface area contributed by atoms with Gasteiger partial charge in [-0.2, -0.15) is 0 Å². The molecule has 0 aromatic heterocycles. The van der Waals surface area contributed by atoms with E-state index in [2.05, 4.69) is 30.6 Å². The van der Waals surface area contributed by atoms with Crippen molar-refractivity contribution in [3.63, 3.8) is 0 Å². The van der Waals surface area contributed by atoms with E-state index in [1.165, 1.54) is 19.3 Å². The quantitative estimate of drug-likeness (QED) is 0.460. The van der Waals surface area contributed by atoms with E-state index in [1.807, 2.05) is 0 Å². The van der Waals surface area contributed by atoms with E-state index < -0.39 is 5.97 Å². The summed E-state index contributed by atoms with van der Waals surface area (Å²) in [6.07, 6.45) is 11.7. The third-order valence-electron chi connectivity index (χ3n) is 2.95. The highest BCUT2D eigenvalue weighted by Crippen LogP contribution is 2.01. The molecule has 0 aromatic carbocycles. The normalized spacial score (nSPS) is 9.25. The SMILES string of the molecule is CCCCCC#CCCCCC#CCCCCC(=O)O. The number of carboxylic acids is 1. The first-order chi connectivity index (χ1) is 9.77. The van der Waals surface area contributed by atoms with Crippen LogP contribution in [0, 0.1) is 23.7 Å². The minimum atomic E-state index is -0.714. The number of hydrogen-bond acceptors (Lipinski definition) is 1. The number of carbonyl (C=O) groups is 1. The van der Waals surface area contributed by atoms with E-state index in [-0.39, 0.29) is 6.42 Å². The number of hydrogen-bond donors (Lipinski definition) is 1. The molecule has 0 heterocycles. The van der Waals surface area contributed by atoms with Crippen LogP contribution in [0.2, 0.25) is 0 Å². The predicted octanol–water partition coefficient (Wildman–Crippen LogP) is 4.78. The minimum absolute atomic E-state index is 0.263. The van der Waals surface area contributed by atoms with Crippen molar-refractivity contribution >= 4 is 5.97 Å².